The highest BCUT2D eigenvalue weighted by Gasteiger charge is 2.24. The lowest BCUT2D eigenvalue weighted by Gasteiger charge is -2.29. The summed E-state index contributed by atoms with van der Waals surface area (Å²) in [5.74, 6) is -1.80. The van der Waals surface area contributed by atoms with Gasteiger partial charge in [0.2, 0.25) is 0 Å². The number of halogens is 3. The van der Waals surface area contributed by atoms with Gasteiger partial charge in [-0.3, -0.25) is 0 Å². The molecule has 0 aliphatic carbocycles. The molecule has 0 amide bonds. The fraction of sp³-hybridized carbons (Fsp3) is 0.520. The van der Waals surface area contributed by atoms with Gasteiger partial charge in [0.15, 0.2) is 11.6 Å². The van der Waals surface area contributed by atoms with Crippen LogP contribution in [0.4, 0.5) is 13.2 Å². The molecule has 4 heteroatoms. The maximum Gasteiger partial charge on any atom is 0.167 e. The number of ether oxygens (including phenoxy) is 1. The van der Waals surface area contributed by atoms with E-state index in [-0.39, 0.29) is 17.2 Å². The maximum absolute atomic E-state index is 14.8. The Hall–Kier alpha value is -1.81. The SMILES string of the molecule is CCCCc1ccc(-c2ccc(C3CCC(CCCC)CO3)cc2F)c(F)c1F. The zero-order valence-electron chi connectivity index (χ0n) is 17.4. The van der Waals surface area contributed by atoms with Crippen molar-refractivity contribution in [3.63, 3.8) is 0 Å². The Morgan fingerprint density at radius 3 is 2.31 bits per heavy atom. The molecule has 158 valence electrons. The lowest BCUT2D eigenvalue weighted by molar-refractivity contribution is -0.0199. The Morgan fingerprint density at radius 2 is 1.66 bits per heavy atom. The summed E-state index contributed by atoms with van der Waals surface area (Å²) in [4.78, 5) is 0. The van der Waals surface area contributed by atoms with Crippen molar-refractivity contribution in [1.82, 2.24) is 0 Å². The van der Waals surface area contributed by atoms with Crippen molar-refractivity contribution in [1.29, 1.82) is 0 Å². The van der Waals surface area contributed by atoms with Gasteiger partial charge in [-0.2, -0.15) is 0 Å². The zero-order chi connectivity index (χ0) is 20.8. The van der Waals surface area contributed by atoms with Crippen LogP contribution >= 0.6 is 0 Å². The van der Waals surface area contributed by atoms with Crippen LogP contribution in [0, 0.1) is 23.4 Å². The van der Waals surface area contributed by atoms with E-state index in [1.165, 1.54) is 31.4 Å². The largest absolute Gasteiger partial charge is 0.373 e. The van der Waals surface area contributed by atoms with Crippen LogP contribution in [-0.4, -0.2) is 6.61 Å². The molecular formula is C25H31F3O. The molecule has 0 spiro atoms. The van der Waals surface area contributed by atoms with Gasteiger partial charge in [-0.1, -0.05) is 57.4 Å². The summed E-state index contributed by atoms with van der Waals surface area (Å²) in [6.45, 7) is 4.89. The van der Waals surface area contributed by atoms with Gasteiger partial charge in [0, 0.05) is 11.1 Å². The van der Waals surface area contributed by atoms with Crippen LogP contribution in [0.25, 0.3) is 11.1 Å². The Labute approximate surface area is 172 Å². The minimum atomic E-state index is -0.974. The van der Waals surface area contributed by atoms with Crippen LogP contribution in [0.15, 0.2) is 30.3 Å². The molecule has 2 aromatic carbocycles. The van der Waals surface area contributed by atoms with E-state index >= 15 is 0 Å². The van der Waals surface area contributed by atoms with Crippen LogP contribution in [0.2, 0.25) is 0 Å². The molecule has 1 heterocycles. The highest BCUT2D eigenvalue weighted by molar-refractivity contribution is 5.66. The number of hydrogen-bond acceptors (Lipinski definition) is 1. The summed E-state index contributed by atoms with van der Waals surface area (Å²) >= 11 is 0. The molecule has 1 nitrogen and oxygen atoms in total. The monoisotopic (exact) mass is 404 g/mol. The number of hydrogen-bond donors (Lipinski definition) is 0. The molecule has 1 aliphatic heterocycles. The second kappa shape index (κ2) is 10.3. The summed E-state index contributed by atoms with van der Waals surface area (Å²) in [5, 5.41) is 0. The molecule has 1 saturated heterocycles. The molecule has 2 aromatic rings. The van der Waals surface area contributed by atoms with Crippen molar-refractivity contribution >= 4 is 0 Å². The average Bonchev–Trinajstić information content (AvgIpc) is 2.74. The predicted octanol–water partition coefficient (Wildman–Crippen LogP) is 7.77. The van der Waals surface area contributed by atoms with Gasteiger partial charge in [0.05, 0.1) is 12.7 Å². The molecule has 0 bridgehead atoms. The predicted molar refractivity (Wildman–Crippen MR) is 111 cm³/mol. The maximum atomic E-state index is 14.8. The smallest absolute Gasteiger partial charge is 0.167 e. The molecule has 3 rings (SSSR count). The topological polar surface area (TPSA) is 9.23 Å². The highest BCUT2D eigenvalue weighted by atomic mass is 19.2. The van der Waals surface area contributed by atoms with Gasteiger partial charge in [-0.15, -0.1) is 0 Å². The minimum Gasteiger partial charge on any atom is -0.373 e. The first-order chi connectivity index (χ1) is 14.0. The molecule has 0 saturated carbocycles. The summed E-state index contributed by atoms with van der Waals surface area (Å²) in [5.41, 5.74) is 1.17. The van der Waals surface area contributed by atoms with Crippen LogP contribution in [-0.2, 0) is 11.2 Å². The molecule has 0 radical (unpaired) electrons. The third-order valence-corrected chi connectivity index (χ3v) is 5.95. The first-order valence-corrected chi connectivity index (χ1v) is 10.9. The number of aryl methyl sites for hydroxylation is 1. The van der Waals surface area contributed by atoms with Crippen molar-refractivity contribution in [2.24, 2.45) is 5.92 Å². The molecule has 0 aromatic heterocycles. The van der Waals surface area contributed by atoms with E-state index in [0.29, 0.717) is 24.5 Å². The van der Waals surface area contributed by atoms with E-state index in [9.17, 15) is 13.2 Å². The van der Waals surface area contributed by atoms with Crippen molar-refractivity contribution in [3.05, 3.63) is 58.9 Å². The van der Waals surface area contributed by atoms with E-state index in [1.807, 2.05) is 6.92 Å². The molecule has 1 aliphatic rings. The Kier molecular flexibility index (Phi) is 7.77. The number of benzene rings is 2. The first-order valence-electron chi connectivity index (χ1n) is 10.9. The Morgan fingerprint density at radius 1 is 0.897 bits per heavy atom. The summed E-state index contributed by atoms with van der Waals surface area (Å²) in [7, 11) is 0. The summed E-state index contributed by atoms with van der Waals surface area (Å²) < 4.78 is 49.7. The van der Waals surface area contributed by atoms with E-state index < -0.39 is 17.5 Å². The van der Waals surface area contributed by atoms with Gasteiger partial charge in [0.1, 0.15) is 5.82 Å². The Bertz CT molecular complexity index is 810. The fourth-order valence-corrected chi connectivity index (χ4v) is 4.10. The van der Waals surface area contributed by atoms with E-state index in [2.05, 4.69) is 6.92 Å². The normalized spacial score (nSPS) is 19.5. The van der Waals surface area contributed by atoms with Gasteiger partial charge < -0.3 is 4.74 Å². The second-order valence-electron chi connectivity index (χ2n) is 8.15. The summed E-state index contributed by atoms with van der Waals surface area (Å²) in [6, 6.07) is 7.78. The molecule has 2 atom stereocenters. The van der Waals surface area contributed by atoms with E-state index in [1.54, 1.807) is 18.2 Å². The van der Waals surface area contributed by atoms with Crippen molar-refractivity contribution in [2.45, 2.75) is 71.3 Å². The van der Waals surface area contributed by atoms with Crippen molar-refractivity contribution in [2.75, 3.05) is 6.61 Å². The van der Waals surface area contributed by atoms with Gasteiger partial charge in [-0.25, -0.2) is 13.2 Å². The average molecular weight is 405 g/mol. The minimum absolute atomic E-state index is 0.0315. The third-order valence-electron chi connectivity index (χ3n) is 5.95. The molecule has 0 N–H and O–H groups in total. The van der Waals surface area contributed by atoms with Crippen LogP contribution in [0.5, 0.6) is 0 Å². The number of rotatable bonds is 8. The van der Waals surface area contributed by atoms with Crippen LogP contribution in [0.3, 0.4) is 0 Å². The molecule has 1 fully saturated rings. The quantitative estimate of drug-likeness (QED) is 0.437. The first kappa shape index (κ1) is 21.9. The van der Waals surface area contributed by atoms with Crippen molar-refractivity contribution in [3.8, 4) is 11.1 Å². The lowest BCUT2D eigenvalue weighted by atomic mass is 9.90. The number of unbranched alkanes of at least 4 members (excludes halogenated alkanes) is 2. The van der Waals surface area contributed by atoms with Crippen LogP contribution < -0.4 is 0 Å². The van der Waals surface area contributed by atoms with Crippen molar-refractivity contribution < 1.29 is 17.9 Å². The molecule has 2 unspecified atom stereocenters. The molecule has 29 heavy (non-hydrogen) atoms. The summed E-state index contributed by atoms with van der Waals surface area (Å²) in [6.07, 6.45) is 7.56. The highest BCUT2D eigenvalue weighted by Crippen LogP contribution is 2.35. The Balaban J connectivity index is 1.74. The van der Waals surface area contributed by atoms with Gasteiger partial charge >= 0.3 is 0 Å². The lowest BCUT2D eigenvalue weighted by Crippen LogP contribution is -2.20. The second-order valence-corrected chi connectivity index (χ2v) is 8.15. The standard InChI is InChI=1S/C25H31F3O/c1-3-5-7-17-9-14-23(29-16-17)19-11-12-20(22(26)15-19)21-13-10-18(8-6-4-2)24(27)25(21)28/h10-13,15,17,23H,3-9,14,16H2,1-2H3. The molecular weight excluding hydrogens is 373 g/mol. The zero-order valence-corrected chi connectivity index (χ0v) is 17.4. The third kappa shape index (κ3) is 5.22. The van der Waals surface area contributed by atoms with Gasteiger partial charge in [-0.05, 0) is 55.2 Å². The van der Waals surface area contributed by atoms with E-state index in [0.717, 1.165) is 31.2 Å². The van der Waals surface area contributed by atoms with E-state index in [4.69, 9.17) is 4.74 Å². The van der Waals surface area contributed by atoms with Gasteiger partial charge in [0.25, 0.3) is 0 Å². The fourth-order valence-electron chi connectivity index (χ4n) is 4.10. The van der Waals surface area contributed by atoms with Crippen LogP contribution in [0.1, 0.15) is 76.0 Å².